The number of aromatic nitrogens is 1. The molecule has 1 aromatic rings. The molecule has 1 rings (SSSR count). The fourth-order valence-corrected chi connectivity index (χ4v) is 1.69. The molecule has 0 aliphatic rings. The van der Waals surface area contributed by atoms with Crippen molar-refractivity contribution in [2.75, 3.05) is 0 Å². The van der Waals surface area contributed by atoms with Gasteiger partial charge in [-0.2, -0.15) is 13.2 Å². The molecular weight excluding hydrogens is 383 g/mol. The highest BCUT2D eigenvalue weighted by molar-refractivity contribution is 14.1. The van der Waals surface area contributed by atoms with Gasteiger partial charge in [0.25, 0.3) is 0 Å². The maximum Gasteiger partial charge on any atom is 0.573 e. The van der Waals surface area contributed by atoms with E-state index in [9.17, 15) is 31.1 Å². The fourth-order valence-electron chi connectivity index (χ4n) is 0.976. The number of halogens is 7. The third-order valence-electron chi connectivity index (χ3n) is 1.57. The first-order chi connectivity index (χ1) is 8.04. The minimum Gasteiger partial charge on any atom is -0.403 e. The number of ether oxygens (including phenoxy) is 1. The zero-order valence-electron chi connectivity index (χ0n) is 8.06. The molecule has 100 valence electrons. The van der Waals surface area contributed by atoms with Crippen molar-refractivity contribution in [3.63, 3.8) is 0 Å². The highest BCUT2D eigenvalue weighted by atomic mass is 127. The van der Waals surface area contributed by atoms with Crippen molar-refractivity contribution in [3.05, 3.63) is 21.0 Å². The molecule has 18 heavy (non-hydrogen) atoms. The Hall–Kier alpha value is -1.07. The predicted octanol–water partition coefficient (Wildman–Crippen LogP) is 3.42. The first-order valence-electron chi connectivity index (χ1n) is 4.03. The second-order valence-corrected chi connectivity index (χ2v) is 4.03. The lowest BCUT2D eigenvalue weighted by atomic mass is 10.3. The van der Waals surface area contributed by atoms with E-state index in [-0.39, 0.29) is 6.29 Å². The molecule has 1 heterocycles. The van der Waals surface area contributed by atoms with Crippen molar-refractivity contribution >= 4 is 28.9 Å². The molecule has 0 aromatic carbocycles. The van der Waals surface area contributed by atoms with Crippen LogP contribution in [0.15, 0.2) is 6.07 Å². The summed E-state index contributed by atoms with van der Waals surface area (Å²) in [6.07, 6.45) is -10.2. The number of pyridine rings is 1. The Labute approximate surface area is 109 Å². The number of hydrogen-bond acceptors (Lipinski definition) is 3. The van der Waals surface area contributed by atoms with Gasteiger partial charge in [0.05, 0.1) is 0 Å². The van der Waals surface area contributed by atoms with Gasteiger partial charge in [-0.3, -0.25) is 4.79 Å². The van der Waals surface area contributed by atoms with E-state index in [1.165, 1.54) is 0 Å². The quantitative estimate of drug-likeness (QED) is 0.445. The average Bonchev–Trinajstić information content (AvgIpc) is 2.13. The number of rotatable bonds is 2. The monoisotopic (exact) mass is 385 g/mol. The fraction of sp³-hybridized carbons (Fsp3) is 0.250. The van der Waals surface area contributed by atoms with Gasteiger partial charge < -0.3 is 4.74 Å². The van der Waals surface area contributed by atoms with Crippen LogP contribution in [0.1, 0.15) is 16.2 Å². The van der Waals surface area contributed by atoms with E-state index >= 15 is 0 Å². The van der Waals surface area contributed by atoms with Crippen LogP contribution in [-0.2, 0) is 6.18 Å². The molecule has 0 aliphatic heterocycles. The first kappa shape index (κ1) is 15.0. The second-order valence-electron chi connectivity index (χ2n) is 2.87. The van der Waals surface area contributed by atoms with Crippen LogP contribution in [0.4, 0.5) is 26.3 Å². The molecule has 0 N–H and O–H groups in total. The van der Waals surface area contributed by atoms with E-state index in [1.807, 2.05) is 0 Å². The minimum atomic E-state index is -5.12. The second kappa shape index (κ2) is 4.90. The number of nitrogens with zero attached hydrogens (tertiary/aromatic N) is 1. The smallest absolute Gasteiger partial charge is 0.403 e. The van der Waals surface area contributed by atoms with E-state index in [1.54, 1.807) is 0 Å². The maximum atomic E-state index is 12.4. The zero-order chi connectivity index (χ0) is 14.1. The van der Waals surface area contributed by atoms with Gasteiger partial charge in [0.15, 0.2) is 17.7 Å². The minimum absolute atomic E-state index is 0.244. The van der Waals surface area contributed by atoms with Gasteiger partial charge >= 0.3 is 12.5 Å². The van der Waals surface area contributed by atoms with E-state index < -0.39 is 33.2 Å². The summed E-state index contributed by atoms with van der Waals surface area (Å²) in [5.41, 5.74) is -2.51. The van der Waals surface area contributed by atoms with Gasteiger partial charge in [-0.15, -0.1) is 13.2 Å². The highest BCUT2D eigenvalue weighted by Crippen LogP contribution is 2.35. The van der Waals surface area contributed by atoms with Crippen molar-refractivity contribution in [2.45, 2.75) is 12.5 Å². The Morgan fingerprint density at radius 3 is 2.17 bits per heavy atom. The predicted molar refractivity (Wildman–Crippen MR) is 54.0 cm³/mol. The van der Waals surface area contributed by atoms with E-state index in [2.05, 4.69) is 9.72 Å². The summed E-state index contributed by atoms with van der Waals surface area (Å²) in [7, 11) is 0. The van der Waals surface area contributed by atoms with Crippen molar-refractivity contribution < 1.29 is 35.9 Å². The molecular formula is C8H2F6INO2. The van der Waals surface area contributed by atoms with Crippen LogP contribution in [0.2, 0.25) is 0 Å². The van der Waals surface area contributed by atoms with Gasteiger partial charge in [0.1, 0.15) is 5.69 Å². The molecule has 0 radical (unpaired) electrons. The van der Waals surface area contributed by atoms with Crippen LogP contribution >= 0.6 is 22.6 Å². The Bertz CT molecular complexity index is 470. The average molecular weight is 385 g/mol. The summed E-state index contributed by atoms with van der Waals surface area (Å²) in [6.45, 7) is 0. The number of hydrogen-bond donors (Lipinski definition) is 0. The highest BCUT2D eigenvalue weighted by Gasteiger charge is 2.38. The van der Waals surface area contributed by atoms with Crippen molar-refractivity contribution in [2.24, 2.45) is 0 Å². The SMILES string of the molecule is O=Cc1nc(C(F)(F)F)c(I)cc1OC(F)(F)F. The molecule has 1 aromatic heterocycles. The lowest BCUT2D eigenvalue weighted by Gasteiger charge is -2.13. The van der Waals surface area contributed by atoms with Gasteiger partial charge in [-0.05, 0) is 28.7 Å². The summed E-state index contributed by atoms with van der Waals surface area (Å²) in [6, 6.07) is 0.452. The Kier molecular flexibility index (Phi) is 4.08. The summed E-state index contributed by atoms with van der Waals surface area (Å²) in [4.78, 5) is 13.2. The van der Waals surface area contributed by atoms with Gasteiger partial charge in [0.2, 0.25) is 0 Å². The lowest BCUT2D eigenvalue weighted by molar-refractivity contribution is -0.274. The molecule has 0 aliphatic carbocycles. The molecule has 0 atom stereocenters. The summed E-state index contributed by atoms with van der Waals surface area (Å²) < 4.78 is 75.8. The van der Waals surface area contributed by atoms with E-state index in [4.69, 9.17) is 0 Å². The number of alkyl halides is 6. The molecule has 0 spiro atoms. The molecule has 0 saturated carbocycles. The molecule has 0 fully saturated rings. The van der Waals surface area contributed by atoms with Crippen LogP contribution in [0.5, 0.6) is 5.75 Å². The maximum absolute atomic E-state index is 12.4. The van der Waals surface area contributed by atoms with Gasteiger partial charge in [0, 0.05) is 3.57 Å². The van der Waals surface area contributed by atoms with E-state index in [0.29, 0.717) is 6.07 Å². The Balaban J connectivity index is 3.32. The van der Waals surface area contributed by atoms with Crippen molar-refractivity contribution in [3.8, 4) is 5.75 Å². The Morgan fingerprint density at radius 1 is 1.22 bits per heavy atom. The number of carbonyl (C=O) groups is 1. The lowest BCUT2D eigenvalue weighted by Crippen LogP contribution is -2.20. The van der Waals surface area contributed by atoms with Crippen molar-refractivity contribution in [1.29, 1.82) is 0 Å². The molecule has 10 heteroatoms. The van der Waals surface area contributed by atoms with Crippen molar-refractivity contribution in [1.82, 2.24) is 4.98 Å². The van der Waals surface area contributed by atoms with Crippen LogP contribution in [0.3, 0.4) is 0 Å². The van der Waals surface area contributed by atoms with Gasteiger partial charge in [-0.1, -0.05) is 0 Å². The summed E-state index contributed by atoms with van der Waals surface area (Å²) in [5, 5.41) is 0. The van der Waals surface area contributed by atoms with Gasteiger partial charge in [-0.25, -0.2) is 4.98 Å². The zero-order valence-corrected chi connectivity index (χ0v) is 10.2. The standard InChI is InChI=1S/C8H2F6INO2/c9-7(10,11)6-3(15)1-5(4(2-17)16-6)18-8(12,13)14/h1-2H. The molecule has 3 nitrogen and oxygen atoms in total. The third kappa shape index (κ3) is 3.71. The topological polar surface area (TPSA) is 39.2 Å². The summed E-state index contributed by atoms with van der Waals surface area (Å²) >= 11 is 1.15. The van der Waals surface area contributed by atoms with Crippen LogP contribution in [0.25, 0.3) is 0 Å². The Morgan fingerprint density at radius 2 is 1.78 bits per heavy atom. The normalized spacial score (nSPS) is 12.4. The number of aldehydes is 1. The van der Waals surface area contributed by atoms with Crippen LogP contribution < -0.4 is 4.74 Å². The largest absolute Gasteiger partial charge is 0.573 e. The number of carbonyl (C=O) groups excluding carboxylic acids is 1. The molecule has 0 bridgehead atoms. The molecule has 0 unspecified atom stereocenters. The van der Waals surface area contributed by atoms with E-state index in [0.717, 1.165) is 22.6 Å². The molecule has 0 amide bonds. The van der Waals surface area contributed by atoms with Crippen LogP contribution in [0, 0.1) is 3.57 Å². The third-order valence-corrected chi connectivity index (χ3v) is 2.40. The first-order valence-corrected chi connectivity index (χ1v) is 5.11. The molecule has 0 saturated heterocycles. The van der Waals surface area contributed by atoms with Crippen LogP contribution in [-0.4, -0.2) is 17.6 Å². The summed E-state index contributed by atoms with van der Waals surface area (Å²) in [5.74, 6) is -1.07.